The Morgan fingerprint density at radius 3 is 2.61 bits per heavy atom. The van der Waals surface area contributed by atoms with E-state index in [0.29, 0.717) is 11.2 Å². The molecular formula is C18H20FN5O3S. The maximum atomic E-state index is 14.3. The number of sulfone groups is 1. The summed E-state index contributed by atoms with van der Waals surface area (Å²) in [5.41, 5.74) is 1.02. The van der Waals surface area contributed by atoms with Crippen LogP contribution in [0.15, 0.2) is 34.1 Å². The number of nitrogens with one attached hydrogen (secondary N) is 1. The summed E-state index contributed by atoms with van der Waals surface area (Å²) >= 11 is 0. The number of hydrogen-bond acceptors (Lipinski definition) is 6. The number of fused-ring (bicyclic) bond motifs is 1. The van der Waals surface area contributed by atoms with Crippen LogP contribution in [-0.4, -0.2) is 33.8 Å². The van der Waals surface area contributed by atoms with Crippen LogP contribution in [0.5, 0.6) is 0 Å². The minimum absolute atomic E-state index is 0.0532. The van der Waals surface area contributed by atoms with Crippen molar-refractivity contribution in [2.75, 3.05) is 11.6 Å². The van der Waals surface area contributed by atoms with Crippen molar-refractivity contribution in [1.82, 2.24) is 19.1 Å². The van der Waals surface area contributed by atoms with Crippen LogP contribution in [0, 0.1) is 5.82 Å². The molecule has 10 heteroatoms. The zero-order valence-corrected chi connectivity index (χ0v) is 16.3. The van der Waals surface area contributed by atoms with E-state index < -0.39 is 15.7 Å². The van der Waals surface area contributed by atoms with Crippen LogP contribution in [0.1, 0.15) is 31.7 Å². The van der Waals surface area contributed by atoms with E-state index in [1.54, 1.807) is 11.6 Å². The molecule has 148 valence electrons. The molecule has 2 aromatic heterocycles. The molecule has 1 N–H and O–H groups in total. The third-order valence-electron chi connectivity index (χ3n) is 5.14. The zero-order valence-electron chi connectivity index (χ0n) is 15.5. The largest absolute Gasteiger partial charge is 0.330 e. The highest BCUT2D eigenvalue weighted by Gasteiger charge is 2.24. The summed E-state index contributed by atoms with van der Waals surface area (Å²) < 4.78 is 40.6. The van der Waals surface area contributed by atoms with Gasteiger partial charge in [0.15, 0.2) is 15.5 Å². The molecule has 0 saturated heterocycles. The number of hydrogen-bond donors (Lipinski definition) is 1. The van der Waals surface area contributed by atoms with Crippen LogP contribution in [-0.2, 0) is 16.9 Å². The lowest BCUT2D eigenvalue weighted by atomic mass is 10.2. The van der Waals surface area contributed by atoms with Crippen LogP contribution in [0.2, 0.25) is 0 Å². The number of imidazole rings is 1. The third-order valence-corrected chi connectivity index (χ3v) is 6.25. The smallest absolute Gasteiger partial charge is 0.322 e. The van der Waals surface area contributed by atoms with Crippen LogP contribution in [0.3, 0.4) is 0 Å². The summed E-state index contributed by atoms with van der Waals surface area (Å²) in [7, 11) is -1.82. The summed E-state index contributed by atoms with van der Waals surface area (Å²) in [5.74, 6) is -0.594. The molecule has 1 aromatic carbocycles. The summed E-state index contributed by atoms with van der Waals surface area (Å²) in [6, 6.07) is 3.70. The molecule has 0 amide bonds. The Morgan fingerprint density at radius 2 is 1.96 bits per heavy atom. The lowest BCUT2D eigenvalue weighted by Gasteiger charge is -2.11. The Labute approximate surface area is 161 Å². The fraction of sp³-hybridized carbons (Fsp3) is 0.389. The van der Waals surface area contributed by atoms with E-state index in [0.717, 1.165) is 38.0 Å². The first-order chi connectivity index (χ1) is 13.3. The molecule has 4 rings (SSSR count). The van der Waals surface area contributed by atoms with E-state index in [9.17, 15) is 17.6 Å². The van der Waals surface area contributed by atoms with Gasteiger partial charge in [-0.05, 0) is 31.0 Å². The molecule has 1 aliphatic carbocycles. The Bertz CT molecular complexity index is 1230. The number of nitrogens with zero attached hydrogens (tertiary/aromatic N) is 4. The van der Waals surface area contributed by atoms with Gasteiger partial charge in [-0.2, -0.15) is 4.98 Å². The first-order valence-corrected chi connectivity index (χ1v) is 10.9. The van der Waals surface area contributed by atoms with Crippen molar-refractivity contribution in [2.45, 2.75) is 36.6 Å². The van der Waals surface area contributed by atoms with E-state index in [1.807, 2.05) is 0 Å². The van der Waals surface area contributed by atoms with Crippen LogP contribution >= 0.6 is 0 Å². The Morgan fingerprint density at radius 1 is 1.25 bits per heavy atom. The Kier molecular flexibility index (Phi) is 4.45. The van der Waals surface area contributed by atoms with Crippen molar-refractivity contribution in [2.24, 2.45) is 7.05 Å². The summed E-state index contributed by atoms with van der Waals surface area (Å²) in [4.78, 5) is 21.2. The van der Waals surface area contributed by atoms with Crippen LogP contribution in [0.25, 0.3) is 11.2 Å². The maximum Gasteiger partial charge on any atom is 0.330 e. The number of anilines is 2. The Balaban J connectivity index is 1.74. The second kappa shape index (κ2) is 6.69. The SMILES string of the molecule is Cn1c(=O)n(C2CCCC2)c2nc(Nc3ccc(S(C)(=O)=O)cc3F)ncc21. The van der Waals surface area contributed by atoms with Gasteiger partial charge in [0.25, 0.3) is 0 Å². The van der Waals surface area contributed by atoms with E-state index in [4.69, 9.17) is 0 Å². The fourth-order valence-corrected chi connectivity index (χ4v) is 4.27. The molecule has 0 radical (unpaired) electrons. The average Bonchev–Trinajstić information content (AvgIpc) is 3.23. The van der Waals surface area contributed by atoms with E-state index >= 15 is 0 Å². The molecule has 0 unspecified atom stereocenters. The number of benzene rings is 1. The molecule has 1 aliphatic rings. The molecule has 0 bridgehead atoms. The predicted octanol–water partition coefficient (Wildman–Crippen LogP) is 2.53. The number of aromatic nitrogens is 4. The Hall–Kier alpha value is -2.75. The highest BCUT2D eigenvalue weighted by molar-refractivity contribution is 7.90. The first kappa shape index (κ1) is 18.6. The van der Waals surface area contributed by atoms with Crippen molar-refractivity contribution >= 4 is 32.6 Å². The molecule has 1 fully saturated rings. The van der Waals surface area contributed by atoms with Crippen LogP contribution in [0.4, 0.5) is 16.0 Å². The molecular weight excluding hydrogens is 385 g/mol. The van der Waals surface area contributed by atoms with Crippen LogP contribution < -0.4 is 11.0 Å². The monoisotopic (exact) mass is 405 g/mol. The summed E-state index contributed by atoms with van der Waals surface area (Å²) in [6.45, 7) is 0. The van der Waals surface area contributed by atoms with Crippen molar-refractivity contribution in [3.8, 4) is 0 Å². The second-order valence-corrected chi connectivity index (χ2v) is 9.11. The van der Waals surface area contributed by atoms with Gasteiger partial charge in [0.05, 0.1) is 16.8 Å². The molecule has 3 aromatic rings. The molecule has 0 aliphatic heterocycles. The van der Waals surface area contributed by atoms with Crippen molar-refractivity contribution < 1.29 is 12.8 Å². The standard InChI is InChI=1S/C18H20FN5O3S/c1-23-15-10-20-17(21-14-8-7-12(9-13(14)19)28(2,26)27)22-16(15)24(18(23)25)11-5-3-4-6-11/h7-11H,3-6H2,1-2H3,(H,20,21,22). The second-order valence-electron chi connectivity index (χ2n) is 7.09. The summed E-state index contributed by atoms with van der Waals surface area (Å²) in [5, 5.41) is 2.77. The third kappa shape index (κ3) is 3.17. The van der Waals surface area contributed by atoms with Gasteiger partial charge < -0.3 is 5.32 Å². The average molecular weight is 405 g/mol. The lowest BCUT2D eigenvalue weighted by Crippen LogP contribution is -2.25. The minimum Gasteiger partial charge on any atom is -0.322 e. The molecule has 1 saturated carbocycles. The van der Waals surface area contributed by atoms with Gasteiger partial charge in [-0.1, -0.05) is 12.8 Å². The highest BCUT2D eigenvalue weighted by Crippen LogP contribution is 2.31. The van der Waals surface area contributed by atoms with Gasteiger partial charge in [-0.15, -0.1) is 0 Å². The maximum absolute atomic E-state index is 14.3. The molecule has 2 heterocycles. The van der Waals surface area contributed by atoms with Crippen molar-refractivity contribution in [3.05, 3.63) is 40.7 Å². The fourth-order valence-electron chi connectivity index (χ4n) is 3.64. The van der Waals surface area contributed by atoms with Crippen molar-refractivity contribution in [1.29, 1.82) is 0 Å². The number of aryl methyl sites for hydroxylation is 1. The van der Waals surface area contributed by atoms with Gasteiger partial charge in [0.1, 0.15) is 11.3 Å². The van der Waals surface area contributed by atoms with Gasteiger partial charge >= 0.3 is 5.69 Å². The number of rotatable bonds is 4. The highest BCUT2D eigenvalue weighted by atomic mass is 32.2. The quantitative estimate of drug-likeness (QED) is 0.716. The molecule has 0 atom stereocenters. The minimum atomic E-state index is -3.50. The van der Waals surface area contributed by atoms with E-state index in [-0.39, 0.29) is 28.3 Å². The summed E-state index contributed by atoms with van der Waals surface area (Å²) in [6.07, 6.45) is 6.54. The number of halogens is 1. The van der Waals surface area contributed by atoms with E-state index in [2.05, 4.69) is 15.3 Å². The normalized spacial score (nSPS) is 15.4. The van der Waals surface area contributed by atoms with Gasteiger partial charge in [0, 0.05) is 19.3 Å². The lowest BCUT2D eigenvalue weighted by molar-refractivity contribution is 0.506. The zero-order chi connectivity index (χ0) is 20.1. The molecule has 0 spiro atoms. The molecule has 28 heavy (non-hydrogen) atoms. The van der Waals surface area contributed by atoms with Gasteiger partial charge in [-0.25, -0.2) is 22.6 Å². The van der Waals surface area contributed by atoms with Crippen molar-refractivity contribution in [3.63, 3.8) is 0 Å². The topological polar surface area (TPSA) is 98.9 Å². The molecule has 8 nitrogen and oxygen atoms in total. The van der Waals surface area contributed by atoms with Gasteiger partial charge in [-0.3, -0.25) is 9.13 Å². The first-order valence-electron chi connectivity index (χ1n) is 8.96. The predicted molar refractivity (Wildman–Crippen MR) is 103 cm³/mol. The van der Waals surface area contributed by atoms with E-state index in [1.165, 1.54) is 22.9 Å². The van der Waals surface area contributed by atoms with Gasteiger partial charge in [0.2, 0.25) is 5.95 Å².